The summed E-state index contributed by atoms with van der Waals surface area (Å²) in [5, 5.41) is 0. The van der Waals surface area contributed by atoms with Crippen LogP contribution in [0.15, 0.2) is 24.3 Å². The summed E-state index contributed by atoms with van der Waals surface area (Å²) in [7, 11) is 1.43. The first-order valence-electron chi connectivity index (χ1n) is 7.80. The van der Waals surface area contributed by atoms with Crippen molar-refractivity contribution in [2.75, 3.05) is 20.2 Å². The standard InChI is InChI=1S/C17H24N2O2/c1-21-16(20)17(18,15-8-9-15)12-19-10-4-7-13-5-2-3-6-14(13)11-19/h2-3,5-6,15H,4,7-12,18H2,1H3. The number of hydrogen-bond acceptors (Lipinski definition) is 4. The maximum Gasteiger partial charge on any atom is 0.327 e. The highest BCUT2D eigenvalue weighted by molar-refractivity contribution is 5.81. The number of aryl methyl sites for hydroxylation is 1. The molecule has 1 atom stereocenters. The fraction of sp³-hybridized carbons (Fsp3) is 0.588. The van der Waals surface area contributed by atoms with E-state index in [2.05, 4.69) is 29.2 Å². The van der Waals surface area contributed by atoms with Crippen LogP contribution in [0.5, 0.6) is 0 Å². The van der Waals surface area contributed by atoms with Gasteiger partial charge < -0.3 is 10.5 Å². The quantitative estimate of drug-likeness (QED) is 0.857. The molecule has 114 valence electrons. The molecule has 1 aromatic carbocycles. The van der Waals surface area contributed by atoms with Crippen molar-refractivity contribution in [1.29, 1.82) is 0 Å². The van der Waals surface area contributed by atoms with Gasteiger partial charge in [0.15, 0.2) is 0 Å². The smallest absolute Gasteiger partial charge is 0.327 e. The van der Waals surface area contributed by atoms with Gasteiger partial charge >= 0.3 is 5.97 Å². The summed E-state index contributed by atoms with van der Waals surface area (Å²) in [6.45, 7) is 2.45. The molecule has 1 aliphatic carbocycles. The second-order valence-corrected chi connectivity index (χ2v) is 6.39. The zero-order chi connectivity index (χ0) is 14.9. The molecule has 0 radical (unpaired) electrons. The van der Waals surface area contributed by atoms with E-state index in [0.717, 1.165) is 38.8 Å². The second-order valence-electron chi connectivity index (χ2n) is 6.39. The zero-order valence-electron chi connectivity index (χ0n) is 12.7. The molecule has 2 N–H and O–H groups in total. The van der Waals surface area contributed by atoms with Crippen LogP contribution in [0.25, 0.3) is 0 Å². The lowest BCUT2D eigenvalue weighted by molar-refractivity contribution is -0.149. The van der Waals surface area contributed by atoms with Gasteiger partial charge in [-0.1, -0.05) is 24.3 Å². The summed E-state index contributed by atoms with van der Waals surface area (Å²) >= 11 is 0. The van der Waals surface area contributed by atoms with E-state index in [4.69, 9.17) is 10.5 Å². The fourth-order valence-corrected chi connectivity index (χ4v) is 3.42. The number of carbonyl (C=O) groups excluding carboxylic acids is 1. The predicted octanol–water partition coefficient (Wildman–Crippen LogP) is 1.72. The Morgan fingerprint density at radius 3 is 2.76 bits per heavy atom. The molecule has 0 saturated heterocycles. The monoisotopic (exact) mass is 288 g/mol. The van der Waals surface area contributed by atoms with Crippen molar-refractivity contribution in [2.45, 2.75) is 37.8 Å². The summed E-state index contributed by atoms with van der Waals surface area (Å²) in [6, 6.07) is 8.57. The van der Waals surface area contributed by atoms with E-state index in [1.165, 1.54) is 18.2 Å². The molecule has 3 rings (SSSR count). The summed E-state index contributed by atoms with van der Waals surface area (Å²) < 4.78 is 4.97. The van der Waals surface area contributed by atoms with Crippen LogP contribution in [0.1, 0.15) is 30.4 Å². The molecule has 21 heavy (non-hydrogen) atoms. The summed E-state index contributed by atoms with van der Waals surface area (Å²) in [6.07, 6.45) is 4.29. The molecule has 0 spiro atoms. The highest BCUT2D eigenvalue weighted by Gasteiger charge is 2.49. The highest BCUT2D eigenvalue weighted by Crippen LogP contribution is 2.39. The molecule has 1 aromatic rings. The number of hydrogen-bond donors (Lipinski definition) is 1. The lowest BCUT2D eigenvalue weighted by Gasteiger charge is -2.33. The summed E-state index contributed by atoms with van der Waals surface area (Å²) in [4.78, 5) is 14.5. The van der Waals surface area contributed by atoms with Crippen LogP contribution in [-0.2, 0) is 22.5 Å². The Balaban J connectivity index is 1.76. The van der Waals surface area contributed by atoms with Crippen LogP contribution < -0.4 is 5.73 Å². The minimum absolute atomic E-state index is 0.262. The number of carbonyl (C=O) groups is 1. The Morgan fingerprint density at radius 1 is 1.38 bits per heavy atom. The number of benzene rings is 1. The maximum atomic E-state index is 12.1. The highest BCUT2D eigenvalue weighted by atomic mass is 16.5. The van der Waals surface area contributed by atoms with Crippen molar-refractivity contribution in [1.82, 2.24) is 4.90 Å². The molecule has 1 aliphatic heterocycles. The van der Waals surface area contributed by atoms with E-state index >= 15 is 0 Å². The van der Waals surface area contributed by atoms with Gasteiger partial charge in [0.1, 0.15) is 5.54 Å². The Bertz CT molecular complexity index is 527. The van der Waals surface area contributed by atoms with Crippen molar-refractivity contribution < 1.29 is 9.53 Å². The molecule has 1 fully saturated rings. The van der Waals surface area contributed by atoms with Crippen molar-refractivity contribution in [2.24, 2.45) is 11.7 Å². The minimum Gasteiger partial charge on any atom is -0.468 e. The maximum absolute atomic E-state index is 12.1. The van der Waals surface area contributed by atoms with Gasteiger partial charge in [-0.2, -0.15) is 0 Å². The fourth-order valence-electron chi connectivity index (χ4n) is 3.42. The molecule has 0 aromatic heterocycles. The van der Waals surface area contributed by atoms with Gasteiger partial charge in [-0.15, -0.1) is 0 Å². The molecule has 0 amide bonds. The van der Waals surface area contributed by atoms with Gasteiger partial charge in [-0.3, -0.25) is 9.69 Å². The van der Waals surface area contributed by atoms with Crippen LogP contribution in [-0.4, -0.2) is 36.6 Å². The van der Waals surface area contributed by atoms with Crippen LogP contribution in [0, 0.1) is 5.92 Å². The van der Waals surface area contributed by atoms with E-state index in [9.17, 15) is 4.79 Å². The first kappa shape index (κ1) is 14.5. The van der Waals surface area contributed by atoms with E-state index < -0.39 is 5.54 Å². The third-order valence-electron chi connectivity index (χ3n) is 4.79. The Labute approximate surface area is 126 Å². The molecular formula is C17H24N2O2. The third-order valence-corrected chi connectivity index (χ3v) is 4.79. The van der Waals surface area contributed by atoms with E-state index in [-0.39, 0.29) is 11.9 Å². The number of fused-ring (bicyclic) bond motifs is 1. The van der Waals surface area contributed by atoms with Gasteiger partial charge in [-0.25, -0.2) is 0 Å². The number of nitrogens with two attached hydrogens (primary N) is 1. The SMILES string of the molecule is COC(=O)C(N)(CN1CCCc2ccccc2C1)C1CC1. The van der Waals surface area contributed by atoms with Gasteiger partial charge in [0.05, 0.1) is 7.11 Å². The largest absolute Gasteiger partial charge is 0.468 e. The Hall–Kier alpha value is -1.39. The topological polar surface area (TPSA) is 55.6 Å². The molecule has 4 nitrogen and oxygen atoms in total. The average molecular weight is 288 g/mol. The summed E-state index contributed by atoms with van der Waals surface area (Å²) in [5.41, 5.74) is 8.39. The number of methoxy groups -OCH3 is 1. The molecule has 1 unspecified atom stereocenters. The van der Waals surface area contributed by atoms with Crippen LogP contribution >= 0.6 is 0 Å². The van der Waals surface area contributed by atoms with Gasteiger partial charge in [0.25, 0.3) is 0 Å². The first-order chi connectivity index (χ1) is 10.1. The van der Waals surface area contributed by atoms with Crippen molar-refractivity contribution in [3.63, 3.8) is 0 Å². The summed E-state index contributed by atoms with van der Waals surface area (Å²) in [5.74, 6) is 0.0194. The van der Waals surface area contributed by atoms with E-state index in [1.54, 1.807) is 0 Å². The van der Waals surface area contributed by atoms with E-state index in [0.29, 0.717) is 6.54 Å². The lowest BCUT2D eigenvalue weighted by Crippen LogP contribution is -2.58. The molecule has 2 aliphatic rings. The average Bonchev–Trinajstić information content (AvgIpc) is 3.32. The molecular weight excluding hydrogens is 264 g/mol. The third kappa shape index (κ3) is 2.97. The first-order valence-corrected chi connectivity index (χ1v) is 7.80. The van der Waals surface area contributed by atoms with Gasteiger partial charge in [0, 0.05) is 13.1 Å². The number of ether oxygens (including phenoxy) is 1. The van der Waals surface area contributed by atoms with Crippen molar-refractivity contribution >= 4 is 5.97 Å². The zero-order valence-corrected chi connectivity index (χ0v) is 12.7. The van der Waals surface area contributed by atoms with E-state index in [1.807, 2.05) is 0 Å². The molecule has 1 heterocycles. The number of rotatable bonds is 4. The Morgan fingerprint density at radius 2 is 2.10 bits per heavy atom. The van der Waals surface area contributed by atoms with Crippen LogP contribution in [0.2, 0.25) is 0 Å². The van der Waals surface area contributed by atoms with Crippen molar-refractivity contribution in [3.8, 4) is 0 Å². The minimum atomic E-state index is -0.839. The number of esters is 1. The van der Waals surface area contributed by atoms with Gasteiger partial charge in [-0.05, 0) is 49.3 Å². The Kier molecular flexibility index (Phi) is 4.00. The normalized spacial score (nSPS) is 22.0. The van der Waals surface area contributed by atoms with Crippen LogP contribution in [0.4, 0.5) is 0 Å². The lowest BCUT2D eigenvalue weighted by atomic mass is 9.93. The van der Waals surface area contributed by atoms with Gasteiger partial charge in [0.2, 0.25) is 0 Å². The number of nitrogens with zero attached hydrogens (tertiary/aromatic N) is 1. The van der Waals surface area contributed by atoms with Crippen LogP contribution in [0.3, 0.4) is 0 Å². The molecule has 1 saturated carbocycles. The predicted molar refractivity (Wildman–Crippen MR) is 81.7 cm³/mol. The molecule has 0 bridgehead atoms. The molecule has 4 heteroatoms. The second kappa shape index (κ2) is 5.78. The van der Waals surface area contributed by atoms with Crippen molar-refractivity contribution in [3.05, 3.63) is 35.4 Å².